The van der Waals surface area contributed by atoms with Gasteiger partial charge in [-0.1, -0.05) is 19.3 Å². The zero-order valence-electron chi connectivity index (χ0n) is 8.35. The Labute approximate surface area is 84.4 Å². The minimum Gasteiger partial charge on any atom is -0.384 e. The Morgan fingerprint density at radius 1 is 1.14 bits per heavy atom. The lowest BCUT2D eigenvalue weighted by molar-refractivity contribution is -0.151. The third-order valence-corrected chi connectivity index (χ3v) is 3.23. The van der Waals surface area contributed by atoms with Crippen molar-refractivity contribution in [2.75, 3.05) is 6.61 Å². The van der Waals surface area contributed by atoms with Gasteiger partial charge in [0.1, 0.15) is 6.10 Å². The third-order valence-electron chi connectivity index (χ3n) is 3.23. The molecular weight excluding hydrogens is 180 g/mol. The molecule has 0 amide bonds. The Balaban J connectivity index is 1.99. The van der Waals surface area contributed by atoms with Crippen LogP contribution in [0.2, 0.25) is 0 Å². The Morgan fingerprint density at radius 2 is 1.86 bits per heavy atom. The molecule has 0 aromatic heterocycles. The highest BCUT2D eigenvalue weighted by molar-refractivity contribution is 5.13. The van der Waals surface area contributed by atoms with E-state index >= 15 is 0 Å². The van der Waals surface area contributed by atoms with Gasteiger partial charge in [0.15, 0.2) is 6.29 Å². The van der Waals surface area contributed by atoms with Crippen molar-refractivity contribution in [3.8, 4) is 0 Å². The van der Waals surface area contributed by atoms with Crippen molar-refractivity contribution < 1.29 is 14.9 Å². The molecular formula is C11H18O3. The standard InChI is InChI=1S/C11H18O3/c12-10-6-9(7-14-11(10)13)8-4-2-1-3-5-8/h6,8,10-13H,1-5,7H2/t10-,11-/m0/s1. The fourth-order valence-electron chi connectivity index (χ4n) is 2.36. The SMILES string of the molecule is O[C@H]1C=C(C2CCCCC2)CO[C@@H]1O. The second kappa shape index (κ2) is 4.43. The van der Waals surface area contributed by atoms with Crippen LogP contribution in [0.5, 0.6) is 0 Å². The molecule has 0 radical (unpaired) electrons. The van der Waals surface area contributed by atoms with E-state index < -0.39 is 12.4 Å². The van der Waals surface area contributed by atoms with Crippen molar-refractivity contribution >= 4 is 0 Å². The van der Waals surface area contributed by atoms with Crippen molar-refractivity contribution in [2.24, 2.45) is 5.92 Å². The molecule has 1 saturated carbocycles. The first-order valence-corrected chi connectivity index (χ1v) is 5.45. The van der Waals surface area contributed by atoms with Gasteiger partial charge in [0.2, 0.25) is 0 Å². The number of hydrogen-bond acceptors (Lipinski definition) is 3. The van der Waals surface area contributed by atoms with Gasteiger partial charge >= 0.3 is 0 Å². The molecule has 1 heterocycles. The van der Waals surface area contributed by atoms with Crippen LogP contribution in [-0.4, -0.2) is 29.2 Å². The van der Waals surface area contributed by atoms with Crippen LogP contribution in [0, 0.1) is 5.92 Å². The van der Waals surface area contributed by atoms with Crippen LogP contribution in [0.1, 0.15) is 32.1 Å². The van der Waals surface area contributed by atoms with E-state index in [2.05, 4.69) is 0 Å². The number of aliphatic hydroxyl groups excluding tert-OH is 2. The highest BCUT2D eigenvalue weighted by Gasteiger charge is 2.26. The summed E-state index contributed by atoms with van der Waals surface area (Å²) in [4.78, 5) is 0. The van der Waals surface area contributed by atoms with Crippen LogP contribution in [0.4, 0.5) is 0 Å². The summed E-state index contributed by atoms with van der Waals surface area (Å²) in [6.07, 6.45) is 6.22. The fraction of sp³-hybridized carbons (Fsp3) is 0.818. The lowest BCUT2D eigenvalue weighted by atomic mass is 9.83. The topological polar surface area (TPSA) is 49.7 Å². The molecule has 2 N–H and O–H groups in total. The van der Waals surface area contributed by atoms with Gasteiger partial charge in [-0.05, 0) is 30.4 Å². The molecule has 1 aliphatic heterocycles. The van der Waals surface area contributed by atoms with Crippen molar-refractivity contribution in [1.29, 1.82) is 0 Å². The molecule has 0 saturated heterocycles. The van der Waals surface area contributed by atoms with Gasteiger partial charge in [0, 0.05) is 0 Å². The molecule has 2 atom stereocenters. The summed E-state index contributed by atoms with van der Waals surface area (Å²) in [6, 6.07) is 0. The van der Waals surface area contributed by atoms with E-state index in [0.29, 0.717) is 12.5 Å². The minimum absolute atomic E-state index is 0.489. The van der Waals surface area contributed by atoms with Crippen molar-refractivity contribution in [3.05, 3.63) is 11.6 Å². The van der Waals surface area contributed by atoms with Gasteiger partial charge in [-0.15, -0.1) is 0 Å². The summed E-state index contributed by atoms with van der Waals surface area (Å²) in [6.45, 7) is 0.489. The normalized spacial score (nSPS) is 35.4. The third kappa shape index (κ3) is 2.16. The van der Waals surface area contributed by atoms with E-state index in [1.54, 1.807) is 6.08 Å². The summed E-state index contributed by atoms with van der Waals surface area (Å²) in [5.41, 5.74) is 1.18. The maximum atomic E-state index is 9.43. The van der Waals surface area contributed by atoms with Gasteiger partial charge in [0.25, 0.3) is 0 Å². The number of aliphatic hydroxyl groups is 2. The zero-order valence-corrected chi connectivity index (χ0v) is 8.35. The molecule has 1 aliphatic carbocycles. The van der Waals surface area contributed by atoms with Gasteiger partial charge in [0.05, 0.1) is 6.61 Å². The summed E-state index contributed by atoms with van der Waals surface area (Å²) in [5, 5.41) is 18.6. The molecule has 80 valence electrons. The Morgan fingerprint density at radius 3 is 2.50 bits per heavy atom. The Hall–Kier alpha value is -0.380. The van der Waals surface area contributed by atoms with E-state index in [4.69, 9.17) is 4.74 Å². The molecule has 0 unspecified atom stereocenters. The molecule has 14 heavy (non-hydrogen) atoms. The smallest absolute Gasteiger partial charge is 0.184 e. The van der Waals surface area contributed by atoms with Crippen LogP contribution >= 0.6 is 0 Å². The van der Waals surface area contributed by atoms with E-state index in [-0.39, 0.29) is 0 Å². The molecule has 3 nitrogen and oxygen atoms in total. The quantitative estimate of drug-likeness (QED) is 0.622. The summed E-state index contributed by atoms with van der Waals surface area (Å²) in [5.74, 6) is 0.575. The average molecular weight is 198 g/mol. The largest absolute Gasteiger partial charge is 0.384 e. The van der Waals surface area contributed by atoms with Crippen LogP contribution in [0.3, 0.4) is 0 Å². The molecule has 0 aromatic rings. The Bertz CT molecular complexity index is 219. The van der Waals surface area contributed by atoms with Crippen molar-refractivity contribution in [1.82, 2.24) is 0 Å². The second-order valence-corrected chi connectivity index (χ2v) is 4.27. The van der Waals surface area contributed by atoms with Gasteiger partial charge in [-0.2, -0.15) is 0 Å². The van der Waals surface area contributed by atoms with Crippen molar-refractivity contribution in [3.63, 3.8) is 0 Å². The van der Waals surface area contributed by atoms with E-state index in [0.717, 1.165) is 0 Å². The molecule has 2 aliphatic rings. The summed E-state index contributed by atoms with van der Waals surface area (Å²) < 4.78 is 5.09. The Kier molecular flexibility index (Phi) is 3.21. The van der Waals surface area contributed by atoms with Crippen molar-refractivity contribution in [2.45, 2.75) is 44.5 Å². The highest BCUT2D eigenvalue weighted by Crippen LogP contribution is 2.31. The molecule has 1 fully saturated rings. The molecule has 2 rings (SSSR count). The number of hydrogen-bond donors (Lipinski definition) is 2. The van der Waals surface area contributed by atoms with E-state index in [1.165, 1.54) is 37.7 Å². The van der Waals surface area contributed by atoms with E-state index in [9.17, 15) is 10.2 Å². The first-order chi connectivity index (χ1) is 6.77. The van der Waals surface area contributed by atoms with Gasteiger partial charge < -0.3 is 14.9 Å². The van der Waals surface area contributed by atoms with E-state index in [1.807, 2.05) is 0 Å². The van der Waals surface area contributed by atoms with Crippen LogP contribution in [-0.2, 0) is 4.74 Å². The molecule has 0 aromatic carbocycles. The lowest BCUT2D eigenvalue weighted by Gasteiger charge is -2.30. The molecule has 0 spiro atoms. The number of rotatable bonds is 1. The maximum Gasteiger partial charge on any atom is 0.184 e. The average Bonchev–Trinajstić information content (AvgIpc) is 2.23. The highest BCUT2D eigenvalue weighted by atomic mass is 16.6. The molecule has 0 bridgehead atoms. The fourth-order valence-corrected chi connectivity index (χ4v) is 2.36. The maximum absolute atomic E-state index is 9.43. The summed E-state index contributed by atoms with van der Waals surface area (Å²) >= 11 is 0. The number of ether oxygens (including phenoxy) is 1. The van der Waals surface area contributed by atoms with Crippen LogP contribution < -0.4 is 0 Å². The van der Waals surface area contributed by atoms with Crippen LogP contribution in [0.25, 0.3) is 0 Å². The predicted octanol–water partition coefficient (Wildman–Crippen LogP) is 1.20. The molecule has 3 heteroatoms. The lowest BCUT2D eigenvalue weighted by Crippen LogP contribution is -2.34. The summed E-state index contributed by atoms with van der Waals surface area (Å²) in [7, 11) is 0. The second-order valence-electron chi connectivity index (χ2n) is 4.27. The first-order valence-electron chi connectivity index (χ1n) is 5.45. The minimum atomic E-state index is -1.03. The van der Waals surface area contributed by atoms with Gasteiger partial charge in [-0.25, -0.2) is 0 Å². The van der Waals surface area contributed by atoms with Gasteiger partial charge in [-0.3, -0.25) is 0 Å². The monoisotopic (exact) mass is 198 g/mol. The zero-order chi connectivity index (χ0) is 9.97. The first kappa shape index (κ1) is 10.1. The predicted molar refractivity (Wildman–Crippen MR) is 52.6 cm³/mol. The van der Waals surface area contributed by atoms with Crippen LogP contribution in [0.15, 0.2) is 11.6 Å².